The number of phenolic OH excluding ortho intramolecular Hbond substituents is 1. The van der Waals surface area contributed by atoms with Gasteiger partial charge in [0.2, 0.25) is 0 Å². The van der Waals surface area contributed by atoms with E-state index in [0.717, 1.165) is 49.5 Å². The van der Waals surface area contributed by atoms with Crippen molar-refractivity contribution < 1.29 is 9.50 Å². The van der Waals surface area contributed by atoms with Crippen LogP contribution in [0.2, 0.25) is 0 Å². The molecule has 0 aromatic heterocycles. The minimum absolute atomic E-state index is 0.00672. The van der Waals surface area contributed by atoms with Crippen molar-refractivity contribution in [3.63, 3.8) is 0 Å². The molecule has 1 unspecified atom stereocenters. The first kappa shape index (κ1) is 18.7. The van der Waals surface area contributed by atoms with Gasteiger partial charge in [0.1, 0.15) is 11.6 Å². The number of anilines is 1. The molecule has 0 radical (unpaired) electrons. The van der Waals surface area contributed by atoms with Crippen molar-refractivity contribution in [3.8, 4) is 5.75 Å². The summed E-state index contributed by atoms with van der Waals surface area (Å²) in [6.45, 7) is 9.95. The summed E-state index contributed by atoms with van der Waals surface area (Å²) in [4.78, 5) is 4.79. The van der Waals surface area contributed by atoms with E-state index in [9.17, 15) is 9.50 Å². The summed E-state index contributed by atoms with van der Waals surface area (Å²) in [5.74, 6) is 0.0548. The van der Waals surface area contributed by atoms with Crippen molar-refractivity contribution in [1.82, 2.24) is 10.2 Å². The van der Waals surface area contributed by atoms with E-state index in [4.69, 9.17) is 0 Å². The van der Waals surface area contributed by atoms with Crippen LogP contribution in [0.1, 0.15) is 31.0 Å². The Bertz CT molecular complexity index is 729. The average Bonchev–Trinajstić information content (AvgIpc) is 2.66. The molecule has 0 spiro atoms. The fourth-order valence-electron chi connectivity index (χ4n) is 3.51. The lowest BCUT2D eigenvalue weighted by molar-refractivity contribution is 0.271. The van der Waals surface area contributed by atoms with E-state index >= 15 is 0 Å². The van der Waals surface area contributed by atoms with Gasteiger partial charge in [0, 0.05) is 44.5 Å². The monoisotopic (exact) mass is 357 g/mol. The lowest BCUT2D eigenvalue weighted by Gasteiger charge is -2.37. The van der Waals surface area contributed by atoms with Crippen LogP contribution in [0.5, 0.6) is 5.75 Å². The number of piperazine rings is 1. The Morgan fingerprint density at radius 1 is 1.12 bits per heavy atom. The van der Waals surface area contributed by atoms with Gasteiger partial charge < -0.3 is 20.2 Å². The predicted molar refractivity (Wildman–Crippen MR) is 104 cm³/mol. The average molecular weight is 357 g/mol. The van der Waals surface area contributed by atoms with E-state index < -0.39 is 0 Å². The van der Waals surface area contributed by atoms with Crippen molar-refractivity contribution in [3.05, 3.63) is 59.4 Å². The molecule has 5 heteroatoms. The van der Waals surface area contributed by atoms with Gasteiger partial charge in [-0.15, -0.1) is 0 Å². The summed E-state index contributed by atoms with van der Waals surface area (Å²) in [7, 11) is 0. The van der Waals surface area contributed by atoms with Gasteiger partial charge in [0.25, 0.3) is 0 Å². The highest BCUT2D eigenvalue weighted by Crippen LogP contribution is 2.28. The zero-order chi connectivity index (χ0) is 18.5. The summed E-state index contributed by atoms with van der Waals surface area (Å²) < 4.78 is 13.9. The smallest absolute Gasteiger partial charge is 0.123 e. The molecule has 2 aromatic rings. The highest BCUT2D eigenvalue weighted by atomic mass is 19.1. The number of nitrogens with zero attached hydrogens (tertiary/aromatic N) is 2. The number of likely N-dealkylation sites (N-methyl/N-ethyl adjacent to an activating group) is 1. The first-order valence-corrected chi connectivity index (χ1v) is 9.35. The minimum Gasteiger partial charge on any atom is -0.508 e. The van der Waals surface area contributed by atoms with Gasteiger partial charge in [-0.2, -0.15) is 0 Å². The molecule has 1 aliphatic rings. The Morgan fingerprint density at radius 2 is 1.88 bits per heavy atom. The number of rotatable bonds is 6. The predicted octanol–water partition coefficient (Wildman–Crippen LogP) is 3.52. The Labute approximate surface area is 155 Å². The Hall–Kier alpha value is -2.11. The van der Waals surface area contributed by atoms with Crippen molar-refractivity contribution in [1.29, 1.82) is 0 Å². The van der Waals surface area contributed by atoms with Crippen LogP contribution in [-0.4, -0.2) is 42.7 Å². The van der Waals surface area contributed by atoms with Gasteiger partial charge in [-0.1, -0.05) is 19.1 Å². The molecule has 140 valence electrons. The molecule has 1 saturated heterocycles. The summed E-state index contributed by atoms with van der Waals surface area (Å²) in [6.07, 6.45) is 0. The van der Waals surface area contributed by atoms with Crippen LogP contribution >= 0.6 is 0 Å². The van der Waals surface area contributed by atoms with Crippen LogP contribution in [0.3, 0.4) is 0 Å². The second-order valence-corrected chi connectivity index (χ2v) is 6.90. The van der Waals surface area contributed by atoms with Crippen molar-refractivity contribution in [2.75, 3.05) is 37.6 Å². The fourth-order valence-corrected chi connectivity index (χ4v) is 3.51. The fraction of sp³-hybridized carbons (Fsp3) is 0.429. The highest BCUT2D eigenvalue weighted by molar-refractivity contribution is 5.55. The van der Waals surface area contributed by atoms with E-state index in [1.165, 1.54) is 0 Å². The van der Waals surface area contributed by atoms with Crippen LogP contribution in [0, 0.1) is 5.82 Å². The minimum atomic E-state index is -0.207. The molecule has 1 atom stereocenters. The number of benzene rings is 2. The van der Waals surface area contributed by atoms with E-state index in [1.807, 2.05) is 18.2 Å². The van der Waals surface area contributed by atoms with Gasteiger partial charge in [0.05, 0.1) is 0 Å². The standard InChI is InChI=1S/C21H28FN3O/c1-3-24-9-11-25(12-10-24)21-8-7-18(22)14-20(21)16(2)23-15-17-5-4-6-19(26)13-17/h4-8,13-14,16,23,26H,3,9-12,15H2,1-2H3. The van der Waals surface area contributed by atoms with Crippen molar-refractivity contribution >= 4 is 5.69 Å². The van der Waals surface area contributed by atoms with Crippen molar-refractivity contribution in [2.45, 2.75) is 26.4 Å². The Morgan fingerprint density at radius 3 is 2.58 bits per heavy atom. The summed E-state index contributed by atoms with van der Waals surface area (Å²) in [6, 6.07) is 12.3. The van der Waals surface area contributed by atoms with Crippen LogP contribution < -0.4 is 10.2 Å². The summed E-state index contributed by atoms with van der Waals surface area (Å²) >= 11 is 0. The molecule has 2 aromatic carbocycles. The second-order valence-electron chi connectivity index (χ2n) is 6.90. The van der Waals surface area contributed by atoms with Gasteiger partial charge in [-0.05, 0) is 54.9 Å². The number of aromatic hydroxyl groups is 1. The molecule has 3 rings (SSSR count). The lowest BCUT2D eigenvalue weighted by Crippen LogP contribution is -2.46. The molecule has 26 heavy (non-hydrogen) atoms. The normalized spacial score (nSPS) is 16.7. The van der Waals surface area contributed by atoms with Gasteiger partial charge in [-0.25, -0.2) is 4.39 Å². The molecule has 4 nitrogen and oxygen atoms in total. The molecular weight excluding hydrogens is 329 g/mol. The molecule has 0 amide bonds. The first-order valence-electron chi connectivity index (χ1n) is 9.35. The van der Waals surface area contributed by atoms with Crippen LogP contribution in [0.15, 0.2) is 42.5 Å². The van der Waals surface area contributed by atoms with Crippen molar-refractivity contribution in [2.24, 2.45) is 0 Å². The number of halogens is 1. The third kappa shape index (κ3) is 4.54. The zero-order valence-corrected chi connectivity index (χ0v) is 15.6. The van der Waals surface area contributed by atoms with Crippen LogP contribution in [-0.2, 0) is 6.54 Å². The molecule has 2 N–H and O–H groups in total. The molecule has 0 saturated carbocycles. The van der Waals surface area contributed by atoms with Gasteiger partial charge in [-0.3, -0.25) is 0 Å². The third-order valence-corrected chi connectivity index (χ3v) is 5.14. The quantitative estimate of drug-likeness (QED) is 0.830. The SMILES string of the molecule is CCN1CCN(c2ccc(F)cc2C(C)NCc2cccc(O)c2)CC1. The van der Waals surface area contributed by atoms with E-state index in [-0.39, 0.29) is 17.6 Å². The largest absolute Gasteiger partial charge is 0.508 e. The summed E-state index contributed by atoms with van der Waals surface area (Å²) in [5.41, 5.74) is 3.10. The molecule has 0 aliphatic carbocycles. The van der Waals surface area contributed by atoms with E-state index in [2.05, 4.69) is 29.0 Å². The molecule has 0 bridgehead atoms. The zero-order valence-electron chi connectivity index (χ0n) is 15.6. The number of nitrogens with one attached hydrogen (secondary N) is 1. The number of hydrogen-bond donors (Lipinski definition) is 2. The van der Waals surface area contributed by atoms with E-state index in [0.29, 0.717) is 6.54 Å². The maximum Gasteiger partial charge on any atom is 0.123 e. The van der Waals surface area contributed by atoms with E-state index in [1.54, 1.807) is 24.3 Å². The van der Waals surface area contributed by atoms with Gasteiger partial charge in [0.15, 0.2) is 0 Å². The lowest BCUT2D eigenvalue weighted by atomic mass is 10.0. The molecule has 1 heterocycles. The number of phenols is 1. The Kier molecular flexibility index (Phi) is 6.12. The van der Waals surface area contributed by atoms with Crippen LogP contribution in [0.25, 0.3) is 0 Å². The topological polar surface area (TPSA) is 38.7 Å². The number of hydrogen-bond acceptors (Lipinski definition) is 4. The summed E-state index contributed by atoms with van der Waals surface area (Å²) in [5, 5.41) is 13.1. The first-order chi connectivity index (χ1) is 12.6. The maximum atomic E-state index is 13.9. The van der Waals surface area contributed by atoms with Crippen LogP contribution in [0.4, 0.5) is 10.1 Å². The molecule has 1 fully saturated rings. The Balaban J connectivity index is 1.72. The van der Waals surface area contributed by atoms with Gasteiger partial charge >= 0.3 is 0 Å². The highest BCUT2D eigenvalue weighted by Gasteiger charge is 2.20. The maximum absolute atomic E-state index is 13.9. The second kappa shape index (κ2) is 8.52. The molecule has 1 aliphatic heterocycles. The molecular formula is C21H28FN3O. The third-order valence-electron chi connectivity index (χ3n) is 5.14.